The number of thioether (sulfide) groups is 1. The van der Waals surface area contributed by atoms with E-state index in [1.54, 1.807) is 0 Å². The lowest BCUT2D eigenvalue weighted by Gasteiger charge is -2.27. The summed E-state index contributed by atoms with van der Waals surface area (Å²) in [6.07, 6.45) is 4.36. The van der Waals surface area contributed by atoms with Crippen LogP contribution in [0.5, 0.6) is 0 Å². The van der Waals surface area contributed by atoms with Gasteiger partial charge in [-0.15, -0.1) is 10.2 Å². The molecule has 10 nitrogen and oxygen atoms in total. The minimum absolute atomic E-state index is 0.109. The van der Waals surface area contributed by atoms with Crippen molar-refractivity contribution in [1.29, 1.82) is 5.26 Å². The predicted octanol–water partition coefficient (Wildman–Crippen LogP) is 2.65. The van der Waals surface area contributed by atoms with Gasteiger partial charge in [0.15, 0.2) is 5.16 Å². The highest BCUT2D eigenvalue weighted by molar-refractivity contribution is 7.99. The van der Waals surface area contributed by atoms with Crippen LogP contribution in [-0.4, -0.2) is 70.0 Å². The van der Waals surface area contributed by atoms with Gasteiger partial charge in [-0.2, -0.15) is 5.26 Å². The summed E-state index contributed by atoms with van der Waals surface area (Å²) >= 11 is 1.39. The molecule has 2 saturated heterocycles. The van der Waals surface area contributed by atoms with Crippen molar-refractivity contribution >= 4 is 29.4 Å². The van der Waals surface area contributed by atoms with E-state index in [0.717, 1.165) is 67.7 Å². The number of hydrogen-bond acceptors (Lipinski definition) is 8. The van der Waals surface area contributed by atoms with Crippen molar-refractivity contribution in [2.45, 2.75) is 63.4 Å². The average molecular weight is 486 g/mol. The van der Waals surface area contributed by atoms with Crippen LogP contribution in [-0.2, 0) is 20.8 Å². The molecule has 3 fully saturated rings. The number of morpholine rings is 1. The molecule has 34 heavy (non-hydrogen) atoms. The molecule has 1 unspecified atom stereocenters. The Kier molecular flexibility index (Phi) is 6.81. The zero-order chi connectivity index (χ0) is 23.7. The number of nitrogens with one attached hydrogen (secondary N) is 1. The van der Waals surface area contributed by atoms with Crippen LogP contribution in [0, 0.1) is 25.2 Å². The van der Waals surface area contributed by atoms with E-state index in [1.165, 1.54) is 11.8 Å². The predicted molar refractivity (Wildman–Crippen MR) is 128 cm³/mol. The summed E-state index contributed by atoms with van der Waals surface area (Å²) in [6.45, 7) is 8.29. The number of hydrogen-bond donors (Lipinski definition) is 1. The number of amides is 1. The minimum Gasteiger partial charge on any atom is -0.378 e. The van der Waals surface area contributed by atoms with Crippen molar-refractivity contribution in [3.8, 4) is 6.07 Å². The quantitative estimate of drug-likeness (QED) is 0.568. The van der Waals surface area contributed by atoms with Crippen LogP contribution in [0.3, 0.4) is 0 Å². The number of nitrogens with zero attached hydrogens (tertiary/aromatic N) is 6. The smallest absolute Gasteiger partial charge is 0.235 e. The number of ether oxygens (including phenoxy) is 2. The molecule has 1 N–H and O–H groups in total. The number of nitriles is 1. The zero-order valence-corrected chi connectivity index (χ0v) is 20.6. The second-order valence-corrected chi connectivity index (χ2v) is 10.1. The molecule has 11 heteroatoms. The van der Waals surface area contributed by atoms with Crippen LogP contribution in [0.15, 0.2) is 5.16 Å². The van der Waals surface area contributed by atoms with Gasteiger partial charge >= 0.3 is 0 Å². The van der Waals surface area contributed by atoms with Crippen molar-refractivity contribution < 1.29 is 14.3 Å². The van der Waals surface area contributed by atoms with Gasteiger partial charge in [0.2, 0.25) is 11.9 Å². The van der Waals surface area contributed by atoms with Gasteiger partial charge in [0.05, 0.1) is 37.2 Å². The summed E-state index contributed by atoms with van der Waals surface area (Å²) in [6, 6.07) is 2.68. The highest BCUT2D eigenvalue weighted by Gasteiger charge is 2.32. The minimum atomic E-state index is -0.161. The highest BCUT2D eigenvalue weighted by Crippen LogP contribution is 2.41. The van der Waals surface area contributed by atoms with Gasteiger partial charge < -0.3 is 24.3 Å². The molecule has 3 aliphatic rings. The van der Waals surface area contributed by atoms with Gasteiger partial charge in [0.1, 0.15) is 11.9 Å². The highest BCUT2D eigenvalue weighted by atomic mass is 32.2. The van der Waals surface area contributed by atoms with Gasteiger partial charge in [-0.1, -0.05) is 11.8 Å². The topological polar surface area (TPSA) is 110 Å². The second kappa shape index (κ2) is 9.98. The van der Waals surface area contributed by atoms with E-state index in [4.69, 9.17) is 9.47 Å². The molecule has 0 bridgehead atoms. The third-order valence-corrected chi connectivity index (χ3v) is 7.74. The Morgan fingerprint density at radius 2 is 2.00 bits per heavy atom. The van der Waals surface area contributed by atoms with Crippen LogP contribution in [0.1, 0.15) is 48.5 Å². The van der Waals surface area contributed by atoms with Crippen molar-refractivity contribution in [3.63, 3.8) is 0 Å². The molecule has 2 aliphatic heterocycles. The molecular weight excluding hydrogens is 454 g/mol. The monoisotopic (exact) mass is 485 g/mol. The van der Waals surface area contributed by atoms with Gasteiger partial charge in [-0.25, -0.2) is 0 Å². The number of rotatable bonds is 8. The van der Waals surface area contributed by atoms with E-state index in [1.807, 2.05) is 18.4 Å². The standard InChI is InChI=1S/C23H31N7O3S/c1-15-16(2)29(13-18-4-3-9-33-18)21(19(15)12-24)25-20(31)14-34-23-27-26-22(30(23)17-5-6-17)28-7-10-32-11-8-28/h17-18H,3-11,13-14H2,1-2H3,(H,25,31). The average Bonchev–Trinajstić information content (AvgIpc) is 3.30. The van der Waals surface area contributed by atoms with Crippen LogP contribution >= 0.6 is 11.8 Å². The zero-order valence-electron chi connectivity index (χ0n) is 19.7. The largest absolute Gasteiger partial charge is 0.378 e. The van der Waals surface area contributed by atoms with E-state index < -0.39 is 0 Å². The Morgan fingerprint density at radius 3 is 2.68 bits per heavy atom. The summed E-state index contributed by atoms with van der Waals surface area (Å²) in [5.74, 6) is 1.47. The van der Waals surface area contributed by atoms with Gasteiger partial charge in [0.25, 0.3) is 0 Å². The molecule has 1 atom stereocenters. The molecule has 5 rings (SSSR count). The molecule has 1 aliphatic carbocycles. The normalized spacial score (nSPS) is 20.5. The van der Waals surface area contributed by atoms with Crippen molar-refractivity contribution in [1.82, 2.24) is 19.3 Å². The van der Waals surface area contributed by atoms with E-state index >= 15 is 0 Å². The van der Waals surface area contributed by atoms with Gasteiger partial charge in [0, 0.05) is 31.4 Å². The first-order valence-electron chi connectivity index (χ1n) is 12.0. The van der Waals surface area contributed by atoms with Crippen LogP contribution in [0.25, 0.3) is 0 Å². The first kappa shape index (κ1) is 23.2. The molecule has 0 spiro atoms. The number of carbonyl (C=O) groups is 1. The van der Waals surface area contributed by atoms with Crippen molar-refractivity contribution in [2.75, 3.05) is 48.9 Å². The van der Waals surface area contributed by atoms with E-state index in [-0.39, 0.29) is 17.8 Å². The van der Waals surface area contributed by atoms with Crippen LogP contribution in [0.4, 0.5) is 11.8 Å². The Hall–Kier alpha value is -2.55. The molecule has 2 aromatic heterocycles. The van der Waals surface area contributed by atoms with E-state index in [9.17, 15) is 10.1 Å². The maximum atomic E-state index is 13.0. The number of anilines is 2. The summed E-state index contributed by atoms with van der Waals surface area (Å²) in [4.78, 5) is 15.2. The lowest BCUT2D eigenvalue weighted by Crippen LogP contribution is -2.38. The Labute approximate surface area is 203 Å². The third kappa shape index (κ3) is 4.67. The SMILES string of the molecule is Cc1c(C#N)c(NC(=O)CSc2nnc(N3CCOCC3)n2C2CC2)n(CC2CCCO2)c1C. The van der Waals surface area contributed by atoms with Gasteiger partial charge in [-0.3, -0.25) is 9.36 Å². The van der Waals surface area contributed by atoms with E-state index in [2.05, 4.69) is 31.1 Å². The van der Waals surface area contributed by atoms with Crippen LogP contribution < -0.4 is 10.2 Å². The molecule has 4 heterocycles. The Bertz CT molecular complexity index is 1090. The molecule has 0 radical (unpaired) electrons. The van der Waals surface area contributed by atoms with Crippen LogP contribution in [0.2, 0.25) is 0 Å². The van der Waals surface area contributed by atoms with Crippen molar-refractivity contribution in [3.05, 3.63) is 16.8 Å². The summed E-state index contributed by atoms with van der Waals surface area (Å²) in [5, 5.41) is 22.4. The number of carbonyl (C=O) groups excluding carboxylic acids is 1. The number of aromatic nitrogens is 4. The first-order valence-corrected chi connectivity index (χ1v) is 13.0. The van der Waals surface area contributed by atoms with E-state index in [0.29, 0.717) is 37.2 Å². The molecule has 1 saturated carbocycles. The molecule has 2 aromatic rings. The fraction of sp³-hybridized carbons (Fsp3) is 0.652. The summed E-state index contributed by atoms with van der Waals surface area (Å²) < 4.78 is 15.5. The summed E-state index contributed by atoms with van der Waals surface area (Å²) in [5.41, 5.74) is 2.40. The third-order valence-electron chi connectivity index (χ3n) is 6.79. The molecule has 1 amide bonds. The lowest BCUT2D eigenvalue weighted by molar-refractivity contribution is -0.113. The fourth-order valence-electron chi connectivity index (χ4n) is 4.65. The Balaban J connectivity index is 1.29. The Morgan fingerprint density at radius 1 is 1.21 bits per heavy atom. The van der Waals surface area contributed by atoms with Crippen molar-refractivity contribution in [2.24, 2.45) is 0 Å². The lowest BCUT2D eigenvalue weighted by atomic mass is 10.2. The van der Waals surface area contributed by atoms with Gasteiger partial charge in [-0.05, 0) is 45.1 Å². The fourth-order valence-corrected chi connectivity index (χ4v) is 5.45. The molecule has 182 valence electrons. The molecule has 0 aromatic carbocycles. The second-order valence-electron chi connectivity index (χ2n) is 9.11. The maximum Gasteiger partial charge on any atom is 0.235 e. The maximum absolute atomic E-state index is 13.0. The summed E-state index contributed by atoms with van der Waals surface area (Å²) in [7, 11) is 0. The first-order chi connectivity index (χ1) is 16.6. The molecular formula is C23H31N7O3S.